The van der Waals surface area contributed by atoms with Gasteiger partial charge in [0, 0.05) is 24.8 Å². The molecule has 3 aromatic carbocycles. The summed E-state index contributed by atoms with van der Waals surface area (Å²) in [7, 11) is 0. The van der Waals surface area contributed by atoms with Crippen LogP contribution in [-0.2, 0) is 11.4 Å². The normalized spacial score (nSPS) is 12.9. The monoisotopic (exact) mass is 448 g/mol. The van der Waals surface area contributed by atoms with Gasteiger partial charge in [-0.1, -0.05) is 30.3 Å². The number of rotatable bonds is 8. The van der Waals surface area contributed by atoms with Crippen molar-refractivity contribution in [3.63, 3.8) is 0 Å². The zero-order valence-corrected chi connectivity index (χ0v) is 18.1. The summed E-state index contributed by atoms with van der Waals surface area (Å²) in [6.45, 7) is 1.73. The Morgan fingerprint density at radius 3 is 2.45 bits per heavy atom. The predicted octanol–water partition coefficient (Wildman–Crippen LogP) is 4.66. The Bertz CT molecular complexity index is 1110. The Labute approximate surface area is 191 Å². The first kappa shape index (κ1) is 22.3. The van der Waals surface area contributed by atoms with Gasteiger partial charge < -0.3 is 19.7 Å². The highest BCUT2D eigenvalue weighted by atomic mass is 19.1. The summed E-state index contributed by atoms with van der Waals surface area (Å²) in [5.41, 5.74) is 1.70. The number of carbonyl (C=O) groups excluding carboxylic acids is 2. The highest BCUT2D eigenvalue weighted by Gasteiger charge is 2.18. The Balaban J connectivity index is 1.37. The fourth-order valence-electron chi connectivity index (χ4n) is 3.59. The molecule has 0 saturated carbocycles. The molecule has 4 rings (SSSR count). The molecule has 0 bridgehead atoms. The molecule has 1 N–H and O–H groups in total. The van der Waals surface area contributed by atoms with Crippen LogP contribution in [0.15, 0.2) is 72.8 Å². The number of likely N-dealkylation sites (tertiary alicyclic amines) is 1. The molecular weight excluding hydrogens is 423 g/mol. The first-order chi connectivity index (χ1) is 16.1. The van der Waals surface area contributed by atoms with E-state index in [1.165, 1.54) is 12.1 Å². The summed E-state index contributed by atoms with van der Waals surface area (Å²) >= 11 is 0. The predicted molar refractivity (Wildman–Crippen MR) is 123 cm³/mol. The lowest BCUT2D eigenvalue weighted by atomic mass is 10.1. The highest BCUT2D eigenvalue weighted by Crippen LogP contribution is 2.23. The third-order valence-corrected chi connectivity index (χ3v) is 5.35. The number of benzene rings is 3. The third kappa shape index (κ3) is 6.10. The number of para-hydroxylation sites is 1. The van der Waals surface area contributed by atoms with Gasteiger partial charge in [0.25, 0.3) is 11.8 Å². The van der Waals surface area contributed by atoms with Crippen LogP contribution in [0.2, 0.25) is 0 Å². The highest BCUT2D eigenvalue weighted by molar-refractivity contribution is 6.06. The van der Waals surface area contributed by atoms with Crippen molar-refractivity contribution in [3.8, 4) is 11.5 Å². The molecule has 1 aliphatic heterocycles. The van der Waals surface area contributed by atoms with Crippen molar-refractivity contribution < 1.29 is 23.5 Å². The molecule has 1 fully saturated rings. The van der Waals surface area contributed by atoms with E-state index in [-0.39, 0.29) is 30.8 Å². The molecule has 6 nitrogen and oxygen atoms in total. The van der Waals surface area contributed by atoms with E-state index in [0.717, 1.165) is 31.5 Å². The van der Waals surface area contributed by atoms with Gasteiger partial charge >= 0.3 is 0 Å². The smallest absolute Gasteiger partial charge is 0.260 e. The maximum absolute atomic E-state index is 13.1. The lowest BCUT2D eigenvalue weighted by Gasteiger charge is -2.16. The van der Waals surface area contributed by atoms with Crippen molar-refractivity contribution >= 4 is 17.5 Å². The van der Waals surface area contributed by atoms with E-state index in [1.807, 2.05) is 0 Å². The maximum atomic E-state index is 13.1. The van der Waals surface area contributed by atoms with Crippen LogP contribution in [0, 0.1) is 5.82 Å². The van der Waals surface area contributed by atoms with Crippen molar-refractivity contribution in [3.05, 3.63) is 89.7 Å². The van der Waals surface area contributed by atoms with Crippen LogP contribution in [0.25, 0.3) is 0 Å². The minimum Gasteiger partial charge on any atom is -0.488 e. The maximum Gasteiger partial charge on any atom is 0.260 e. The first-order valence-electron chi connectivity index (χ1n) is 10.9. The van der Waals surface area contributed by atoms with Gasteiger partial charge in [-0.3, -0.25) is 9.59 Å². The summed E-state index contributed by atoms with van der Waals surface area (Å²) < 4.78 is 24.5. The van der Waals surface area contributed by atoms with Crippen molar-refractivity contribution in [1.82, 2.24) is 4.90 Å². The lowest BCUT2D eigenvalue weighted by Crippen LogP contribution is -2.32. The number of amides is 2. The van der Waals surface area contributed by atoms with Gasteiger partial charge in [-0.05, 0) is 54.8 Å². The van der Waals surface area contributed by atoms with Gasteiger partial charge in [-0.2, -0.15) is 0 Å². The summed E-state index contributed by atoms with van der Waals surface area (Å²) in [5.74, 6) is 0.235. The van der Waals surface area contributed by atoms with Gasteiger partial charge in [0.15, 0.2) is 6.61 Å². The standard InChI is InChI=1S/C26H25FN2O4/c27-20-12-10-19(11-13-20)17-33-24-9-2-1-8-23(24)26(31)28-21-6-5-7-22(16-21)32-18-25(30)29-14-3-4-15-29/h1-2,5-13,16H,3-4,14-15,17-18H2,(H,28,31). The molecule has 0 aliphatic carbocycles. The van der Waals surface area contributed by atoms with Gasteiger partial charge in [0.1, 0.15) is 23.9 Å². The number of hydrogen-bond acceptors (Lipinski definition) is 4. The number of carbonyl (C=O) groups is 2. The van der Waals surface area contributed by atoms with Crippen LogP contribution in [0.1, 0.15) is 28.8 Å². The first-order valence-corrected chi connectivity index (χ1v) is 10.9. The van der Waals surface area contributed by atoms with Crippen LogP contribution in [0.4, 0.5) is 10.1 Å². The van der Waals surface area contributed by atoms with Crippen LogP contribution < -0.4 is 14.8 Å². The second-order valence-electron chi connectivity index (χ2n) is 7.77. The molecule has 1 saturated heterocycles. The second kappa shape index (κ2) is 10.6. The average molecular weight is 448 g/mol. The quantitative estimate of drug-likeness (QED) is 0.544. The van der Waals surface area contributed by atoms with E-state index in [1.54, 1.807) is 65.6 Å². The van der Waals surface area contributed by atoms with Crippen molar-refractivity contribution in [2.75, 3.05) is 25.0 Å². The van der Waals surface area contributed by atoms with Gasteiger partial charge in [-0.15, -0.1) is 0 Å². The van der Waals surface area contributed by atoms with Crippen LogP contribution in [0.5, 0.6) is 11.5 Å². The Morgan fingerprint density at radius 2 is 1.67 bits per heavy atom. The molecule has 2 amide bonds. The van der Waals surface area contributed by atoms with Crippen LogP contribution in [-0.4, -0.2) is 36.4 Å². The second-order valence-corrected chi connectivity index (χ2v) is 7.77. The van der Waals surface area contributed by atoms with Crippen molar-refractivity contribution in [2.45, 2.75) is 19.4 Å². The number of nitrogens with one attached hydrogen (secondary N) is 1. The average Bonchev–Trinajstić information content (AvgIpc) is 3.38. The van der Waals surface area contributed by atoms with Gasteiger partial charge in [0.05, 0.1) is 5.56 Å². The Kier molecular flexibility index (Phi) is 7.19. The molecule has 170 valence electrons. The van der Waals surface area contributed by atoms with E-state index >= 15 is 0 Å². The fourth-order valence-corrected chi connectivity index (χ4v) is 3.59. The van der Waals surface area contributed by atoms with Gasteiger partial charge in [-0.25, -0.2) is 4.39 Å². The Morgan fingerprint density at radius 1 is 0.909 bits per heavy atom. The zero-order chi connectivity index (χ0) is 23.0. The summed E-state index contributed by atoms with van der Waals surface area (Å²) in [6.07, 6.45) is 2.06. The minimum absolute atomic E-state index is 0.0303. The number of nitrogens with zero attached hydrogens (tertiary/aromatic N) is 1. The largest absolute Gasteiger partial charge is 0.488 e. The van der Waals surface area contributed by atoms with Crippen molar-refractivity contribution in [2.24, 2.45) is 0 Å². The molecule has 0 spiro atoms. The molecule has 1 aliphatic rings. The molecular formula is C26H25FN2O4. The minimum atomic E-state index is -0.338. The van der Waals surface area contributed by atoms with Crippen LogP contribution in [0.3, 0.4) is 0 Å². The summed E-state index contributed by atoms with van der Waals surface area (Å²) in [4.78, 5) is 26.9. The van der Waals surface area contributed by atoms with E-state index in [2.05, 4.69) is 5.32 Å². The van der Waals surface area contributed by atoms with Crippen molar-refractivity contribution in [1.29, 1.82) is 0 Å². The Hall–Kier alpha value is -3.87. The van der Waals surface area contributed by atoms with E-state index in [9.17, 15) is 14.0 Å². The molecule has 1 heterocycles. The van der Waals surface area contributed by atoms with E-state index < -0.39 is 0 Å². The zero-order valence-electron chi connectivity index (χ0n) is 18.1. The van der Waals surface area contributed by atoms with E-state index in [0.29, 0.717) is 22.7 Å². The SMILES string of the molecule is O=C(Nc1cccc(OCC(=O)N2CCCC2)c1)c1ccccc1OCc1ccc(F)cc1. The topological polar surface area (TPSA) is 67.9 Å². The third-order valence-electron chi connectivity index (χ3n) is 5.35. The molecule has 0 radical (unpaired) electrons. The molecule has 3 aromatic rings. The van der Waals surface area contributed by atoms with Crippen LogP contribution >= 0.6 is 0 Å². The number of halogens is 1. The molecule has 0 unspecified atom stereocenters. The number of hydrogen-bond donors (Lipinski definition) is 1. The lowest BCUT2D eigenvalue weighted by molar-refractivity contribution is -0.132. The number of ether oxygens (including phenoxy) is 2. The van der Waals surface area contributed by atoms with Gasteiger partial charge in [0.2, 0.25) is 0 Å². The molecule has 7 heteroatoms. The molecule has 33 heavy (non-hydrogen) atoms. The molecule has 0 atom stereocenters. The fraction of sp³-hybridized carbons (Fsp3) is 0.231. The van der Waals surface area contributed by atoms with E-state index in [4.69, 9.17) is 9.47 Å². The molecule has 0 aromatic heterocycles. The number of anilines is 1. The summed E-state index contributed by atoms with van der Waals surface area (Å²) in [5, 5.41) is 2.84. The summed E-state index contributed by atoms with van der Waals surface area (Å²) in [6, 6.07) is 19.8.